The number of benzene rings is 1. The summed E-state index contributed by atoms with van der Waals surface area (Å²) in [5.41, 5.74) is 7.16. The van der Waals surface area contributed by atoms with Gasteiger partial charge in [0.15, 0.2) is 0 Å². The third-order valence-electron chi connectivity index (χ3n) is 2.01. The van der Waals surface area contributed by atoms with E-state index in [0.29, 0.717) is 11.4 Å². The SMILES string of the molecule is Nc1nc2ccccc2cc1CO. The summed E-state index contributed by atoms with van der Waals surface area (Å²) in [5, 5.41) is 9.96. The number of aliphatic hydroxyl groups is 1. The Bertz CT molecular complexity index is 440. The Hall–Kier alpha value is -1.61. The van der Waals surface area contributed by atoms with Gasteiger partial charge in [-0.15, -0.1) is 0 Å². The van der Waals surface area contributed by atoms with Gasteiger partial charge >= 0.3 is 0 Å². The molecule has 1 aromatic carbocycles. The summed E-state index contributed by atoms with van der Waals surface area (Å²) >= 11 is 0. The monoisotopic (exact) mass is 174 g/mol. The zero-order chi connectivity index (χ0) is 9.26. The number of aliphatic hydroxyl groups excluding tert-OH is 1. The second-order valence-corrected chi connectivity index (χ2v) is 2.88. The predicted octanol–water partition coefficient (Wildman–Crippen LogP) is 1.31. The maximum Gasteiger partial charge on any atom is 0.129 e. The molecule has 0 bridgehead atoms. The number of nitrogens with zero attached hydrogens (tertiary/aromatic N) is 1. The normalized spacial score (nSPS) is 10.5. The van der Waals surface area contributed by atoms with E-state index in [1.807, 2.05) is 30.3 Å². The number of para-hydroxylation sites is 1. The van der Waals surface area contributed by atoms with E-state index in [0.717, 1.165) is 10.9 Å². The highest BCUT2D eigenvalue weighted by atomic mass is 16.3. The molecule has 66 valence electrons. The Morgan fingerprint density at radius 1 is 1.31 bits per heavy atom. The van der Waals surface area contributed by atoms with Crippen LogP contribution in [-0.2, 0) is 6.61 Å². The summed E-state index contributed by atoms with van der Waals surface area (Å²) < 4.78 is 0. The van der Waals surface area contributed by atoms with E-state index in [2.05, 4.69) is 4.98 Å². The van der Waals surface area contributed by atoms with Gasteiger partial charge in [0.25, 0.3) is 0 Å². The third kappa shape index (κ3) is 1.34. The van der Waals surface area contributed by atoms with Crippen molar-refractivity contribution in [1.82, 2.24) is 4.98 Å². The Labute approximate surface area is 75.8 Å². The lowest BCUT2D eigenvalue weighted by Gasteiger charge is -2.03. The highest BCUT2D eigenvalue weighted by Crippen LogP contribution is 2.17. The van der Waals surface area contributed by atoms with Crippen LogP contribution in [0.25, 0.3) is 10.9 Å². The number of nitrogen functional groups attached to an aromatic ring is 1. The molecule has 1 aromatic heterocycles. The maximum absolute atomic E-state index is 8.96. The first-order valence-corrected chi connectivity index (χ1v) is 4.06. The van der Waals surface area contributed by atoms with Crippen molar-refractivity contribution in [3.05, 3.63) is 35.9 Å². The van der Waals surface area contributed by atoms with Crippen LogP contribution in [0.5, 0.6) is 0 Å². The number of fused-ring (bicyclic) bond motifs is 1. The number of nitrogens with two attached hydrogens (primary N) is 1. The van der Waals surface area contributed by atoms with Crippen LogP contribution in [0, 0.1) is 0 Å². The van der Waals surface area contributed by atoms with E-state index in [9.17, 15) is 0 Å². The van der Waals surface area contributed by atoms with Gasteiger partial charge < -0.3 is 10.8 Å². The van der Waals surface area contributed by atoms with Gasteiger partial charge in [0, 0.05) is 10.9 Å². The van der Waals surface area contributed by atoms with Gasteiger partial charge in [-0.05, 0) is 12.1 Å². The van der Waals surface area contributed by atoms with Gasteiger partial charge in [0.05, 0.1) is 12.1 Å². The van der Waals surface area contributed by atoms with Crippen molar-refractivity contribution < 1.29 is 5.11 Å². The Morgan fingerprint density at radius 2 is 2.08 bits per heavy atom. The molecule has 0 saturated carbocycles. The van der Waals surface area contributed by atoms with Gasteiger partial charge in [0.2, 0.25) is 0 Å². The van der Waals surface area contributed by atoms with Crippen molar-refractivity contribution >= 4 is 16.7 Å². The minimum Gasteiger partial charge on any atom is -0.392 e. The molecule has 0 unspecified atom stereocenters. The first-order valence-electron chi connectivity index (χ1n) is 4.06. The molecule has 0 spiro atoms. The highest BCUT2D eigenvalue weighted by molar-refractivity contribution is 5.81. The van der Waals surface area contributed by atoms with Crippen molar-refractivity contribution in [2.24, 2.45) is 0 Å². The summed E-state index contributed by atoms with van der Waals surface area (Å²) in [7, 11) is 0. The van der Waals surface area contributed by atoms with Crippen LogP contribution in [0.2, 0.25) is 0 Å². The Balaban J connectivity index is 2.74. The largest absolute Gasteiger partial charge is 0.392 e. The molecule has 0 aliphatic heterocycles. The molecule has 2 aromatic rings. The van der Waals surface area contributed by atoms with Crippen LogP contribution in [-0.4, -0.2) is 10.1 Å². The second kappa shape index (κ2) is 3.03. The van der Waals surface area contributed by atoms with Crippen LogP contribution in [0.3, 0.4) is 0 Å². The molecular weight excluding hydrogens is 164 g/mol. The summed E-state index contributed by atoms with van der Waals surface area (Å²) in [6.07, 6.45) is 0. The molecule has 0 aliphatic carbocycles. The molecule has 2 rings (SSSR count). The molecule has 0 saturated heterocycles. The van der Waals surface area contributed by atoms with Crippen molar-refractivity contribution in [1.29, 1.82) is 0 Å². The molecule has 0 atom stereocenters. The van der Waals surface area contributed by atoms with E-state index >= 15 is 0 Å². The zero-order valence-electron chi connectivity index (χ0n) is 7.07. The molecule has 3 nitrogen and oxygen atoms in total. The van der Waals surface area contributed by atoms with Crippen LogP contribution in [0.1, 0.15) is 5.56 Å². The first-order chi connectivity index (χ1) is 6.31. The van der Waals surface area contributed by atoms with Gasteiger partial charge in [-0.25, -0.2) is 4.98 Å². The third-order valence-corrected chi connectivity index (χ3v) is 2.01. The van der Waals surface area contributed by atoms with Crippen LogP contribution in [0.4, 0.5) is 5.82 Å². The average Bonchev–Trinajstić information content (AvgIpc) is 2.17. The molecule has 0 amide bonds. The number of hydrogen-bond acceptors (Lipinski definition) is 3. The lowest BCUT2D eigenvalue weighted by atomic mass is 10.1. The topological polar surface area (TPSA) is 59.1 Å². The van der Waals surface area contributed by atoms with E-state index in [4.69, 9.17) is 10.8 Å². The standard InChI is InChI=1S/C10H10N2O/c11-10-8(6-13)5-7-3-1-2-4-9(7)12-10/h1-5,13H,6H2,(H2,11,12). The minimum atomic E-state index is -0.0658. The van der Waals surface area contributed by atoms with E-state index in [-0.39, 0.29) is 6.61 Å². The molecular formula is C10H10N2O. The van der Waals surface area contributed by atoms with Gasteiger partial charge in [0.1, 0.15) is 5.82 Å². The number of pyridine rings is 1. The molecule has 0 aliphatic rings. The van der Waals surface area contributed by atoms with Gasteiger partial charge in [-0.3, -0.25) is 0 Å². The number of anilines is 1. The molecule has 13 heavy (non-hydrogen) atoms. The molecule has 3 N–H and O–H groups in total. The smallest absolute Gasteiger partial charge is 0.129 e. The fourth-order valence-electron chi connectivity index (χ4n) is 1.30. The number of rotatable bonds is 1. The van der Waals surface area contributed by atoms with Crippen molar-refractivity contribution in [3.8, 4) is 0 Å². The average molecular weight is 174 g/mol. The highest BCUT2D eigenvalue weighted by Gasteiger charge is 2.01. The fourth-order valence-corrected chi connectivity index (χ4v) is 1.30. The quantitative estimate of drug-likeness (QED) is 0.685. The maximum atomic E-state index is 8.96. The number of hydrogen-bond donors (Lipinski definition) is 2. The lowest BCUT2D eigenvalue weighted by molar-refractivity contribution is 0.282. The summed E-state index contributed by atoms with van der Waals surface area (Å²) in [4.78, 5) is 4.16. The van der Waals surface area contributed by atoms with Crippen molar-refractivity contribution in [3.63, 3.8) is 0 Å². The molecule has 0 radical (unpaired) electrons. The molecule has 1 heterocycles. The van der Waals surface area contributed by atoms with Gasteiger partial charge in [-0.1, -0.05) is 18.2 Å². The van der Waals surface area contributed by atoms with E-state index in [1.165, 1.54) is 0 Å². The second-order valence-electron chi connectivity index (χ2n) is 2.88. The zero-order valence-corrected chi connectivity index (χ0v) is 7.07. The molecule has 0 fully saturated rings. The lowest BCUT2D eigenvalue weighted by Crippen LogP contribution is -1.97. The van der Waals surface area contributed by atoms with E-state index < -0.39 is 0 Å². The van der Waals surface area contributed by atoms with Crippen LogP contribution in [0.15, 0.2) is 30.3 Å². The fraction of sp³-hybridized carbons (Fsp3) is 0.100. The minimum absolute atomic E-state index is 0.0658. The summed E-state index contributed by atoms with van der Waals surface area (Å²) in [6, 6.07) is 9.54. The van der Waals surface area contributed by atoms with Gasteiger partial charge in [-0.2, -0.15) is 0 Å². The first kappa shape index (κ1) is 8.01. The molecule has 3 heteroatoms. The van der Waals surface area contributed by atoms with E-state index in [1.54, 1.807) is 0 Å². The Morgan fingerprint density at radius 3 is 2.85 bits per heavy atom. The van der Waals surface area contributed by atoms with Crippen molar-refractivity contribution in [2.45, 2.75) is 6.61 Å². The van der Waals surface area contributed by atoms with Crippen LogP contribution >= 0.6 is 0 Å². The van der Waals surface area contributed by atoms with Crippen molar-refractivity contribution in [2.75, 3.05) is 5.73 Å². The summed E-state index contributed by atoms with van der Waals surface area (Å²) in [5.74, 6) is 0.404. The van der Waals surface area contributed by atoms with Crippen LogP contribution < -0.4 is 5.73 Å². The predicted molar refractivity (Wildman–Crippen MR) is 52.1 cm³/mol. The Kier molecular flexibility index (Phi) is 1.87. The summed E-state index contributed by atoms with van der Waals surface area (Å²) in [6.45, 7) is -0.0658. The number of aromatic nitrogens is 1.